The molecule has 0 aromatic rings. The van der Waals surface area contributed by atoms with Crippen molar-refractivity contribution < 1.29 is 47.7 Å². The van der Waals surface area contributed by atoms with Gasteiger partial charge in [0.05, 0.1) is 0 Å². The van der Waals surface area contributed by atoms with Gasteiger partial charge in [0.15, 0.2) is 0 Å². The van der Waals surface area contributed by atoms with E-state index in [1.165, 1.54) is 0 Å². The van der Waals surface area contributed by atoms with Gasteiger partial charge < -0.3 is 0 Å². The van der Waals surface area contributed by atoms with Crippen molar-refractivity contribution in [2.45, 2.75) is 16.4 Å². The van der Waals surface area contributed by atoms with Crippen molar-refractivity contribution in [2.75, 3.05) is 0 Å². The van der Waals surface area contributed by atoms with Gasteiger partial charge in [0.25, 0.3) is 0 Å². The van der Waals surface area contributed by atoms with Gasteiger partial charge >= 0.3 is 87.0 Å². The van der Waals surface area contributed by atoms with Crippen molar-refractivity contribution >= 4 is 81.2 Å². The van der Waals surface area contributed by atoms with Crippen LogP contribution in [0.5, 0.6) is 0 Å². The van der Waals surface area contributed by atoms with Crippen molar-refractivity contribution in [1.29, 1.82) is 0 Å². The van der Waals surface area contributed by atoms with Gasteiger partial charge in [-0.3, -0.25) is 4.55 Å². The molecule has 0 aliphatic heterocycles. The maximum atomic E-state index is 12.5. The predicted molar refractivity (Wildman–Crippen MR) is 48.3 cm³/mol. The molecule has 0 aromatic heterocycles. The summed E-state index contributed by atoms with van der Waals surface area (Å²) in [6.07, 6.45) is 0. The molecule has 15 heteroatoms. The molecule has 0 fully saturated rings. The van der Waals surface area contributed by atoms with Crippen LogP contribution in [0.15, 0.2) is 0 Å². The molecular weight excluding hydrogens is 369 g/mol. The monoisotopic (exact) mass is 370 g/mol. The number of halogens is 7. The van der Waals surface area contributed by atoms with Gasteiger partial charge in [-0.05, 0) is 0 Å². The molecule has 0 unspecified atom stereocenters. The number of hydrogen-bond donors (Lipinski definition) is 1. The van der Waals surface area contributed by atoms with E-state index in [0.717, 1.165) is 0 Å². The molecule has 5 nitrogen and oxygen atoms in total. The molecule has 0 aromatic carbocycles. The molecule has 0 amide bonds. The van der Waals surface area contributed by atoms with Crippen LogP contribution in [0, 0.1) is 0 Å². The van der Waals surface area contributed by atoms with Crippen molar-refractivity contribution in [3.05, 3.63) is 0 Å². The Morgan fingerprint density at radius 1 is 0.833 bits per heavy atom. The first kappa shape index (κ1) is 21.7. The van der Waals surface area contributed by atoms with E-state index in [4.69, 9.17) is 4.55 Å². The average Bonchev–Trinajstić information content (AvgIpc) is 1.98. The van der Waals surface area contributed by atoms with Crippen molar-refractivity contribution in [2.24, 2.45) is 0 Å². The Balaban J connectivity index is 0. The van der Waals surface area contributed by atoms with Gasteiger partial charge in [0, 0.05) is 10.7 Å². The number of alkyl halides is 6. The van der Waals surface area contributed by atoms with Crippen LogP contribution in [0.4, 0.5) is 26.3 Å². The van der Waals surface area contributed by atoms with Gasteiger partial charge in [-0.1, -0.05) is 0 Å². The van der Waals surface area contributed by atoms with E-state index in [1.54, 1.807) is 0 Å². The van der Waals surface area contributed by atoms with Crippen LogP contribution in [0.3, 0.4) is 0 Å². The van der Waals surface area contributed by atoms with Crippen molar-refractivity contribution in [3.8, 4) is 0 Å². The van der Waals surface area contributed by atoms with Crippen LogP contribution in [-0.4, -0.2) is 89.2 Å². The molecule has 106 valence electrons. The van der Waals surface area contributed by atoms with Crippen LogP contribution in [-0.2, 0) is 19.2 Å². The molecule has 1 N–H and O–H groups in total. The third kappa shape index (κ3) is 3.33. The zero-order chi connectivity index (χ0) is 14.5. The SMILES string of the molecule is O=S(=O)(O)C(F)(F)C(F)(F)C(F)(F)S(=O)(=O)Cl.[KH]. The minimum atomic E-state index is -6.99. The van der Waals surface area contributed by atoms with E-state index in [9.17, 15) is 43.2 Å². The number of hydrogen-bond acceptors (Lipinski definition) is 4. The quantitative estimate of drug-likeness (QED) is 0.339. The fraction of sp³-hybridized carbons (Fsp3) is 1.00. The molecule has 0 spiro atoms. The summed E-state index contributed by atoms with van der Waals surface area (Å²) in [4.78, 5) is 0. The second kappa shape index (κ2) is 5.63. The topological polar surface area (TPSA) is 88.5 Å². The van der Waals surface area contributed by atoms with E-state index >= 15 is 0 Å². The standard InChI is InChI=1S/C3HClF6O5S2.K.H/c4-16(11,12)2(7,8)1(5,6)3(9,10)17(13,14)15;;/h(H,13,14,15);;. The molecule has 0 saturated heterocycles. The van der Waals surface area contributed by atoms with Gasteiger partial charge in [-0.15, -0.1) is 0 Å². The summed E-state index contributed by atoms with van der Waals surface area (Å²) in [5, 5.41) is -13.4. The molecule has 0 rings (SSSR count). The van der Waals surface area contributed by atoms with Gasteiger partial charge in [-0.2, -0.15) is 34.8 Å². The van der Waals surface area contributed by atoms with E-state index in [0.29, 0.717) is 0 Å². The van der Waals surface area contributed by atoms with Gasteiger partial charge in [0.1, 0.15) is 0 Å². The molecular formula is C3H2ClF6KO5S2. The summed E-state index contributed by atoms with van der Waals surface area (Å²) in [5.74, 6) is -6.96. The van der Waals surface area contributed by atoms with E-state index < -0.39 is 35.6 Å². The molecule has 0 saturated carbocycles. The summed E-state index contributed by atoms with van der Waals surface area (Å²) >= 11 is 0. The fourth-order valence-corrected chi connectivity index (χ4v) is 1.73. The minimum absolute atomic E-state index is 0. The first-order valence-electron chi connectivity index (χ1n) is 3.05. The Hall–Kier alpha value is 1.37. The Kier molecular flexibility index (Phi) is 6.78. The Morgan fingerprint density at radius 2 is 1.11 bits per heavy atom. The second-order valence-corrected chi connectivity index (χ2v) is 6.59. The first-order valence-corrected chi connectivity index (χ1v) is 6.80. The van der Waals surface area contributed by atoms with Crippen LogP contribution >= 0.6 is 10.7 Å². The van der Waals surface area contributed by atoms with Crippen LogP contribution in [0.25, 0.3) is 0 Å². The molecule has 0 atom stereocenters. The summed E-state index contributed by atoms with van der Waals surface area (Å²) in [6, 6.07) is 0. The summed E-state index contributed by atoms with van der Waals surface area (Å²) in [7, 11) is -9.76. The van der Waals surface area contributed by atoms with Gasteiger partial charge in [-0.25, -0.2) is 8.42 Å². The molecule has 0 heterocycles. The zero-order valence-electron chi connectivity index (χ0n) is 7.04. The molecule has 0 bridgehead atoms. The summed E-state index contributed by atoms with van der Waals surface area (Å²) in [5.41, 5.74) is 0. The molecule has 0 aliphatic carbocycles. The van der Waals surface area contributed by atoms with Crippen molar-refractivity contribution in [3.63, 3.8) is 0 Å². The third-order valence-electron chi connectivity index (χ3n) is 1.36. The number of rotatable bonds is 4. The summed E-state index contributed by atoms with van der Waals surface area (Å²) in [6.45, 7) is 0. The van der Waals surface area contributed by atoms with E-state index in [2.05, 4.69) is 10.7 Å². The van der Waals surface area contributed by atoms with E-state index in [-0.39, 0.29) is 51.4 Å². The van der Waals surface area contributed by atoms with Gasteiger partial charge in [0.2, 0.25) is 0 Å². The molecule has 18 heavy (non-hydrogen) atoms. The van der Waals surface area contributed by atoms with Crippen LogP contribution in [0.2, 0.25) is 0 Å². The second-order valence-electron chi connectivity index (χ2n) is 2.52. The maximum absolute atomic E-state index is 12.5. The van der Waals surface area contributed by atoms with Crippen LogP contribution < -0.4 is 0 Å². The molecule has 0 aliphatic rings. The van der Waals surface area contributed by atoms with E-state index in [1.807, 2.05) is 0 Å². The zero-order valence-corrected chi connectivity index (χ0v) is 9.43. The fourth-order valence-electron chi connectivity index (χ4n) is 0.485. The third-order valence-corrected chi connectivity index (χ3v) is 3.72. The Labute approximate surface area is 143 Å². The Bertz CT molecular complexity index is 467. The van der Waals surface area contributed by atoms with Crippen molar-refractivity contribution in [1.82, 2.24) is 0 Å². The van der Waals surface area contributed by atoms with Crippen LogP contribution in [0.1, 0.15) is 0 Å². The normalized spacial score (nSPS) is 15.1. The first-order chi connectivity index (χ1) is 7.00. The Morgan fingerprint density at radius 3 is 1.28 bits per heavy atom. The summed E-state index contributed by atoms with van der Waals surface area (Å²) < 4.78 is 122. The predicted octanol–water partition coefficient (Wildman–Crippen LogP) is 0.615. The molecule has 0 radical (unpaired) electrons. The average molecular weight is 371 g/mol.